The molecule has 152 valence electrons. The van der Waals surface area contributed by atoms with Crippen LogP contribution in [0.4, 0.5) is 0 Å². The molecule has 3 rings (SSSR count). The largest absolute Gasteiger partial charge is 0.460 e. The summed E-state index contributed by atoms with van der Waals surface area (Å²) >= 11 is 0. The van der Waals surface area contributed by atoms with E-state index in [1.807, 2.05) is 30.3 Å². The number of nitrogens with zero attached hydrogens (tertiary/aromatic N) is 1. The highest BCUT2D eigenvalue weighted by Gasteiger charge is 2.30. The van der Waals surface area contributed by atoms with Gasteiger partial charge in [-0.1, -0.05) is 49.6 Å². The molecule has 0 bridgehead atoms. The van der Waals surface area contributed by atoms with E-state index in [4.69, 9.17) is 9.47 Å². The van der Waals surface area contributed by atoms with Gasteiger partial charge in [-0.05, 0) is 24.5 Å². The molecule has 1 saturated heterocycles. The van der Waals surface area contributed by atoms with Crippen LogP contribution in [0.25, 0.3) is 6.08 Å². The lowest BCUT2D eigenvalue weighted by Gasteiger charge is -2.34. The van der Waals surface area contributed by atoms with E-state index in [0.717, 1.165) is 31.2 Å². The molecule has 6 heteroatoms. The molecule has 1 N–H and O–H groups in total. The molecule has 1 heterocycles. The van der Waals surface area contributed by atoms with Gasteiger partial charge in [-0.25, -0.2) is 4.79 Å². The van der Waals surface area contributed by atoms with Crippen molar-refractivity contribution in [2.24, 2.45) is 0 Å². The average Bonchev–Trinajstić information content (AvgIpc) is 2.74. The van der Waals surface area contributed by atoms with E-state index in [1.54, 1.807) is 6.08 Å². The van der Waals surface area contributed by atoms with Crippen molar-refractivity contribution >= 4 is 18.0 Å². The number of ether oxygens (including phenoxy) is 2. The summed E-state index contributed by atoms with van der Waals surface area (Å²) in [6, 6.07) is 9.34. The van der Waals surface area contributed by atoms with Gasteiger partial charge in [0, 0.05) is 25.2 Å². The third kappa shape index (κ3) is 6.46. The Morgan fingerprint density at radius 3 is 2.57 bits per heavy atom. The Bertz CT molecular complexity index is 650. The number of carbonyl (C=O) groups excluding carboxylic acids is 2. The van der Waals surface area contributed by atoms with E-state index in [-0.39, 0.29) is 18.6 Å². The predicted molar refractivity (Wildman–Crippen MR) is 108 cm³/mol. The van der Waals surface area contributed by atoms with Crippen molar-refractivity contribution in [2.45, 2.75) is 44.2 Å². The number of esters is 1. The van der Waals surface area contributed by atoms with Gasteiger partial charge >= 0.3 is 5.97 Å². The fourth-order valence-electron chi connectivity index (χ4n) is 3.72. The van der Waals surface area contributed by atoms with E-state index >= 15 is 0 Å². The van der Waals surface area contributed by atoms with E-state index in [0.29, 0.717) is 26.3 Å². The Morgan fingerprint density at radius 1 is 1.14 bits per heavy atom. The van der Waals surface area contributed by atoms with E-state index < -0.39 is 12.0 Å². The Kier molecular flexibility index (Phi) is 8.06. The Balaban J connectivity index is 1.55. The monoisotopic (exact) mass is 386 g/mol. The fraction of sp³-hybridized carbons (Fsp3) is 0.545. The lowest BCUT2D eigenvalue weighted by atomic mass is 9.95. The Labute approximate surface area is 166 Å². The Hall–Kier alpha value is -2.18. The second kappa shape index (κ2) is 11.0. The smallest absolute Gasteiger partial charge is 0.330 e. The minimum absolute atomic E-state index is 0.0476. The van der Waals surface area contributed by atoms with Gasteiger partial charge < -0.3 is 14.8 Å². The fourth-order valence-corrected chi connectivity index (χ4v) is 3.72. The first kappa shape index (κ1) is 20.6. The van der Waals surface area contributed by atoms with Gasteiger partial charge in [0.2, 0.25) is 5.91 Å². The number of amides is 1. The predicted octanol–water partition coefficient (Wildman–Crippen LogP) is 2.39. The molecule has 28 heavy (non-hydrogen) atoms. The maximum Gasteiger partial charge on any atom is 0.330 e. The summed E-state index contributed by atoms with van der Waals surface area (Å²) in [6.45, 7) is 2.57. The van der Waals surface area contributed by atoms with Crippen LogP contribution in [0.15, 0.2) is 36.4 Å². The van der Waals surface area contributed by atoms with Crippen molar-refractivity contribution in [3.05, 3.63) is 42.0 Å². The second-order valence-corrected chi connectivity index (χ2v) is 7.38. The van der Waals surface area contributed by atoms with Crippen molar-refractivity contribution < 1.29 is 19.1 Å². The molecule has 1 aliphatic heterocycles. The number of rotatable bonds is 7. The topological polar surface area (TPSA) is 67.9 Å². The zero-order valence-electron chi connectivity index (χ0n) is 16.3. The minimum Gasteiger partial charge on any atom is -0.460 e. The van der Waals surface area contributed by atoms with Crippen LogP contribution in [-0.4, -0.2) is 61.8 Å². The molecule has 2 fully saturated rings. The lowest BCUT2D eigenvalue weighted by Crippen LogP contribution is -2.55. The van der Waals surface area contributed by atoms with Crippen LogP contribution < -0.4 is 5.32 Å². The highest BCUT2D eigenvalue weighted by molar-refractivity contribution is 5.88. The molecule has 1 amide bonds. The van der Waals surface area contributed by atoms with Gasteiger partial charge in [0.15, 0.2) is 0 Å². The molecule has 0 radical (unpaired) electrons. The maximum absolute atomic E-state index is 12.9. The SMILES string of the molecule is O=C(/C=C/c1ccccc1)OCC(C(=O)NC1CCCCC1)N1CCOCC1. The molecule has 1 aromatic rings. The highest BCUT2D eigenvalue weighted by atomic mass is 16.5. The van der Waals surface area contributed by atoms with Crippen molar-refractivity contribution in [2.75, 3.05) is 32.9 Å². The highest BCUT2D eigenvalue weighted by Crippen LogP contribution is 2.18. The number of benzene rings is 1. The van der Waals surface area contributed by atoms with Gasteiger partial charge in [-0.3, -0.25) is 9.69 Å². The zero-order chi connectivity index (χ0) is 19.6. The third-order valence-corrected chi connectivity index (χ3v) is 5.34. The van der Waals surface area contributed by atoms with Crippen LogP contribution in [0.3, 0.4) is 0 Å². The summed E-state index contributed by atoms with van der Waals surface area (Å²) in [5.74, 6) is -0.485. The van der Waals surface area contributed by atoms with Crippen LogP contribution in [0.1, 0.15) is 37.7 Å². The first-order valence-electron chi connectivity index (χ1n) is 10.2. The molecule has 1 saturated carbocycles. The molecule has 1 aromatic carbocycles. The quantitative estimate of drug-likeness (QED) is 0.576. The van der Waals surface area contributed by atoms with Gasteiger partial charge in [0.05, 0.1) is 13.2 Å². The number of carbonyl (C=O) groups is 2. The first-order chi connectivity index (χ1) is 13.7. The van der Waals surface area contributed by atoms with Crippen LogP contribution in [0, 0.1) is 0 Å². The number of hydrogen-bond acceptors (Lipinski definition) is 5. The molecular formula is C22H30N2O4. The molecule has 1 atom stereocenters. The molecule has 0 aromatic heterocycles. The average molecular weight is 386 g/mol. The summed E-state index contributed by atoms with van der Waals surface area (Å²) < 4.78 is 10.8. The van der Waals surface area contributed by atoms with Crippen molar-refractivity contribution in [1.82, 2.24) is 10.2 Å². The molecule has 0 spiro atoms. The summed E-state index contributed by atoms with van der Waals surface area (Å²) in [5.41, 5.74) is 0.930. The van der Waals surface area contributed by atoms with Crippen molar-refractivity contribution in [1.29, 1.82) is 0 Å². The van der Waals surface area contributed by atoms with Gasteiger partial charge in [0.25, 0.3) is 0 Å². The number of nitrogens with one attached hydrogen (secondary N) is 1. The first-order valence-corrected chi connectivity index (χ1v) is 10.2. The maximum atomic E-state index is 12.9. The normalized spacial score (nSPS) is 20.0. The van der Waals surface area contributed by atoms with E-state index in [9.17, 15) is 9.59 Å². The zero-order valence-corrected chi connectivity index (χ0v) is 16.3. The van der Waals surface area contributed by atoms with Crippen LogP contribution in [0.5, 0.6) is 0 Å². The van der Waals surface area contributed by atoms with Crippen molar-refractivity contribution in [3.63, 3.8) is 0 Å². The Morgan fingerprint density at radius 2 is 1.86 bits per heavy atom. The second-order valence-electron chi connectivity index (χ2n) is 7.38. The number of hydrogen-bond donors (Lipinski definition) is 1. The van der Waals surface area contributed by atoms with Crippen LogP contribution >= 0.6 is 0 Å². The van der Waals surface area contributed by atoms with E-state index in [2.05, 4.69) is 10.2 Å². The molecule has 1 aliphatic carbocycles. The lowest BCUT2D eigenvalue weighted by molar-refractivity contribution is -0.143. The number of morpholine rings is 1. The molecule has 2 aliphatic rings. The summed E-state index contributed by atoms with van der Waals surface area (Å²) in [7, 11) is 0. The molecule has 1 unspecified atom stereocenters. The van der Waals surface area contributed by atoms with Gasteiger partial charge in [-0.2, -0.15) is 0 Å². The van der Waals surface area contributed by atoms with Crippen LogP contribution in [0.2, 0.25) is 0 Å². The summed E-state index contributed by atoms with van der Waals surface area (Å²) in [4.78, 5) is 27.1. The van der Waals surface area contributed by atoms with Gasteiger partial charge in [-0.15, -0.1) is 0 Å². The van der Waals surface area contributed by atoms with Gasteiger partial charge in [0.1, 0.15) is 12.6 Å². The third-order valence-electron chi connectivity index (χ3n) is 5.34. The summed E-state index contributed by atoms with van der Waals surface area (Å²) in [6.07, 6.45) is 8.74. The summed E-state index contributed by atoms with van der Waals surface area (Å²) in [5, 5.41) is 3.17. The minimum atomic E-state index is -0.472. The van der Waals surface area contributed by atoms with Crippen molar-refractivity contribution in [3.8, 4) is 0 Å². The standard InChI is InChI=1S/C22H30N2O4/c25-21(12-11-18-7-3-1-4-8-18)28-17-20(24-13-15-27-16-14-24)22(26)23-19-9-5-2-6-10-19/h1,3-4,7-8,11-12,19-20H,2,5-6,9-10,13-17H2,(H,23,26)/b12-11+. The van der Waals surface area contributed by atoms with Crippen LogP contribution in [-0.2, 0) is 19.1 Å². The molecular weight excluding hydrogens is 356 g/mol. The van der Waals surface area contributed by atoms with E-state index in [1.165, 1.54) is 12.5 Å². The molecule has 6 nitrogen and oxygen atoms in total.